The van der Waals surface area contributed by atoms with Crippen molar-refractivity contribution in [2.24, 2.45) is 5.92 Å². The summed E-state index contributed by atoms with van der Waals surface area (Å²) in [7, 11) is -3.88. The van der Waals surface area contributed by atoms with E-state index in [1.54, 1.807) is 6.92 Å². The fraction of sp³-hybridized carbons (Fsp3) is 0.462. The van der Waals surface area contributed by atoms with E-state index in [1.807, 2.05) is 0 Å². The summed E-state index contributed by atoms with van der Waals surface area (Å²) in [6.45, 7) is 1.68. The molecular weight excluding hydrogens is 312 g/mol. The van der Waals surface area contributed by atoms with Crippen molar-refractivity contribution in [2.45, 2.75) is 24.7 Å². The molecule has 0 aromatic heterocycles. The van der Waals surface area contributed by atoms with Crippen molar-refractivity contribution in [1.82, 2.24) is 4.31 Å². The zero-order valence-corrected chi connectivity index (χ0v) is 12.7. The first-order valence-electron chi connectivity index (χ1n) is 6.69. The van der Waals surface area contributed by atoms with E-state index in [9.17, 15) is 28.4 Å². The lowest BCUT2D eigenvalue weighted by molar-refractivity contribution is -0.385. The molecule has 9 heteroatoms. The molecule has 1 aromatic rings. The summed E-state index contributed by atoms with van der Waals surface area (Å²) in [6, 6.07) is 3.67. The number of rotatable bonds is 4. The molecule has 1 aromatic carbocycles. The van der Waals surface area contributed by atoms with Crippen molar-refractivity contribution < 1.29 is 23.2 Å². The second-order valence-electron chi connectivity index (χ2n) is 5.20. The summed E-state index contributed by atoms with van der Waals surface area (Å²) in [5, 5.41) is 21.6. The highest BCUT2D eigenvalue weighted by molar-refractivity contribution is 7.89. The topological polar surface area (TPSA) is 121 Å². The van der Waals surface area contributed by atoms with Gasteiger partial charge in [0.2, 0.25) is 10.0 Å². The minimum absolute atomic E-state index is 0.0586. The van der Waals surface area contributed by atoms with Crippen LogP contribution in [0.15, 0.2) is 23.1 Å². The molecule has 0 amide bonds. The van der Waals surface area contributed by atoms with Crippen molar-refractivity contribution >= 4 is 21.7 Å². The van der Waals surface area contributed by atoms with E-state index in [-0.39, 0.29) is 36.5 Å². The average molecular weight is 327 g/mol. The smallest absolute Gasteiger partial charge is 0.270 e. The Morgan fingerprint density at radius 1 is 1.32 bits per heavy atom. The number of benzene rings is 1. The van der Waals surface area contributed by atoms with Gasteiger partial charge in [0.1, 0.15) is 0 Å². The SMILES string of the molecule is Cc1ccc([N+](=O)[O-])cc1S(=O)(=O)N1CCC(C(=O)[O-])CC1. The highest BCUT2D eigenvalue weighted by atomic mass is 32.2. The summed E-state index contributed by atoms with van der Waals surface area (Å²) >= 11 is 0. The Hall–Kier alpha value is -2.00. The number of carboxylic acids is 1. The van der Waals surface area contributed by atoms with Gasteiger partial charge in [0.05, 0.1) is 9.82 Å². The molecule has 0 N–H and O–H groups in total. The molecule has 1 fully saturated rings. The fourth-order valence-corrected chi connectivity index (χ4v) is 4.17. The molecule has 22 heavy (non-hydrogen) atoms. The first-order chi connectivity index (χ1) is 10.2. The average Bonchev–Trinajstić information content (AvgIpc) is 2.47. The Morgan fingerprint density at radius 3 is 2.41 bits per heavy atom. The summed E-state index contributed by atoms with van der Waals surface area (Å²) in [6.07, 6.45) is 0.352. The van der Waals surface area contributed by atoms with Gasteiger partial charge in [-0.2, -0.15) is 4.31 Å². The van der Waals surface area contributed by atoms with Crippen LogP contribution in [0.2, 0.25) is 0 Å². The first kappa shape index (κ1) is 16.4. The first-order valence-corrected chi connectivity index (χ1v) is 8.13. The van der Waals surface area contributed by atoms with Crippen LogP contribution in [0.25, 0.3) is 0 Å². The van der Waals surface area contributed by atoms with Crippen LogP contribution in [0.4, 0.5) is 5.69 Å². The Balaban J connectivity index is 2.30. The molecule has 1 heterocycles. The number of carboxylic acid groups (broad SMARTS) is 1. The second kappa shape index (κ2) is 6.01. The van der Waals surface area contributed by atoms with Crippen molar-refractivity contribution in [3.63, 3.8) is 0 Å². The van der Waals surface area contributed by atoms with Gasteiger partial charge in [-0.25, -0.2) is 8.42 Å². The third-order valence-corrected chi connectivity index (χ3v) is 5.83. The third kappa shape index (κ3) is 3.09. The summed E-state index contributed by atoms with van der Waals surface area (Å²) in [5.41, 5.74) is 0.112. The number of aliphatic carboxylic acids is 1. The maximum Gasteiger partial charge on any atom is 0.270 e. The summed E-state index contributed by atoms with van der Waals surface area (Å²) < 4.78 is 26.4. The molecule has 2 rings (SSSR count). The maximum absolute atomic E-state index is 12.6. The van der Waals surface area contributed by atoms with E-state index in [4.69, 9.17) is 0 Å². The number of aryl methyl sites for hydroxylation is 1. The number of nitrogens with zero attached hydrogens (tertiary/aromatic N) is 2. The second-order valence-corrected chi connectivity index (χ2v) is 7.11. The zero-order valence-electron chi connectivity index (χ0n) is 11.9. The van der Waals surface area contributed by atoms with E-state index in [1.165, 1.54) is 16.4 Å². The lowest BCUT2D eigenvalue weighted by Crippen LogP contribution is -2.43. The monoisotopic (exact) mass is 327 g/mol. The van der Waals surface area contributed by atoms with Gasteiger partial charge in [-0.05, 0) is 25.3 Å². The van der Waals surface area contributed by atoms with Crippen LogP contribution >= 0.6 is 0 Å². The van der Waals surface area contributed by atoms with Crippen LogP contribution in [0.1, 0.15) is 18.4 Å². The maximum atomic E-state index is 12.6. The normalized spacial score (nSPS) is 17.3. The Kier molecular flexibility index (Phi) is 4.47. The molecule has 1 aliphatic rings. The lowest BCUT2D eigenvalue weighted by atomic mass is 9.99. The summed E-state index contributed by atoms with van der Waals surface area (Å²) in [5.74, 6) is -1.83. The number of piperidine rings is 1. The van der Waals surface area contributed by atoms with Crippen molar-refractivity contribution in [3.05, 3.63) is 33.9 Å². The van der Waals surface area contributed by atoms with E-state index in [2.05, 4.69) is 0 Å². The van der Waals surface area contributed by atoms with Crippen LogP contribution in [-0.2, 0) is 14.8 Å². The molecule has 0 bridgehead atoms. The number of sulfonamides is 1. The van der Waals surface area contributed by atoms with Crippen LogP contribution in [0.5, 0.6) is 0 Å². The Morgan fingerprint density at radius 2 is 1.91 bits per heavy atom. The molecule has 1 saturated heterocycles. The molecular formula is C13H15N2O6S-. The number of carbonyl (C=O) groups is 1. The van der Waals surface area contributed by atoms with Crippen molar-refractivity contribution in [2.75, 3.05) is 13.1 Å². The molecule has 1 aliphatic heterocycles. The van der Waals surface area contributed by atoms with Crippen LogP contribution < -0.4 is 5.11 Å². The van der Waals surface area contributed by atoms with Gasteiger partial charge in [0.15, 0.2) is 0 Å². The quantitative estimate of drug-likeness (QED) is 0.569. The van der Waals surface area contributed by atoms with Crippen molar-refractivity contribution in [3.8, 4) is 0 Å². The molecule has 120 valence electrons. The molecule has 0 atom stereocenters. The number of nitro benzene ring substituents is 1. The van der Waals surface area contributed by atoms with E-state index >= 15 is 0 Å². The van der Waals surface area contributed by atoms with Gasteiger partial charge in [-0.3, -0.25) is 10.1 Å². The fourth-order valence-electron chi connectivity index (χ4n) is 2.45. The zero-order chi connectivity index (χ0) is 16.5. The third-order valence-electron chi connectivity index (χ3n) is 3.79. The molecule has 0 saturated carbocycles. The largest absolute Gasteiger partial charge is 0.550 e. The highest BCUT2D eigenvalue weighted by Gasteiger charge is 2.31. The molecule has 0 aliphatic carbocycles. The Bertz CT molecular complexity index is 707. The summed E-state index contributed by atoms with van der Waals surface area (Å²) in [4.78, 5) is 20.8. The molecule has 8 nitrogen and oxygen atoms in total. The van der Waals surface area contributed by atoms with Gasteiger partial charge in [-0.15, -0.1) is 0 Å². The number of non-ortho nitro benzene ring substituents is 1. The van der Waals surface area contributed by atoms with Gasteiger partial charge in [-0.1, -0.05) is 6.07 Å². The number of hydrogen-bond donors (Lipinski definition) is 0. The van der Waals surface area contributed by atoms with E-state index in [0.717, 1.165) is 6.07 Å². The minimum atomic E-state index is -3.88. The van der Waals surface area contributed by atoms with E-state index in [0.29, 0.717) is 5.56 Å². The predicted octanol–water partition coefficient (Wildman–Crippen LogP) is 0.0538. The molecule has 0 radical (unpaired) electrons. The molecule has 0 spiro atoms. The van der Waals surface area contributed by atoms with Crippen LogP contribution in [0, 0.1) is 23.0 Å². The van der Waals surface area contributed by atoms with Crippen LogP contribution in [-0.4, -0.2) is 36.7 Å². The van der Waals surface area contributed by atoms with Crippen LogP contribution in [0.3, 0.4) is 0 Å². The van der Waals surface area contributed by atoms with Crippen molar-refractivity contribution in [1.29, 1.82) is 0 Å². The predicted molar refractivity (Wildman–Crippen MR) is 74.3 cm³/mol. The molecule has 0 unspecified atom stereocenters. The minimum Gasteiger partial charge on any atom is -0.550 e. The van der Waals surface area contributed by atoms with Gasteiger partial charge >= 0.3 is 0 Å². The standard InChI is InChI=1S/C13H16N2O6S/c1-9-2-3-11(15(18)19)8-12(9)22(20,21)14-6-4-10(5-7-14)13(16)17/h2-3,8,10H,4-7H2,1H3,(H,16,17)/p-1. The lowest BCUT2D eigenvalue weighted by Gasteiger charge is -2.31. The Labute approximate surface area is 127 Å². The van der Waals surface area contributed by atoms with Gasteiger partial charge < -0.3 is 9.90 Å². The number of nitro groups is 1. The number of carbonyl (C=O) groups excluding carboxylic acids is 1. The van der Waals surface area contributed by atoms with E-state index < -0.39 is 26.8 Å². The number of hydrogen-bond acceptors (Lipinski definition) is 6. The highest BCUT2D eigenvalue weighted by Crippen LogP contribution is 2.28. The van der Waals surface area contributed by atoms with Gasteiger partial charge in [0, 0.05) is 37.1 Å². The van der Waals surface area contributed by atoms with Gasteiger partial charge in [0.25, 0.3) is 5.69 Å².